The molecule has 0 aliphatic rings. The Balaban J connectivity index is 2.93. The van der Waals surface area contributed by atoms with E-state index in [1.807, 2.05) is 13.8 Å². The summed E-state index contributed by atoms with van der Waals surface area (Å²) in [6.07, 6.45) is 0. The van der Waals surface area contributed by atoms with Gasteiger partial charge in [0.05, 0.1) is 11.3 Å². The average Bonchev–Trinajstić information content (AvgIpc) is 2.36. The van der Waals surface area contributed by atoms with Crippen molar-refractivity contribution in [1.82, 2.24) is 5.32 Å². The van der Waals surface area contributed by atoms with Crippen molar-refractivity contribution < 1.29 is 13.2 Å². The van der Waals surface area contributed by atoms with Gasteiger partial charge in [0.2, 0.25) is 10.0 Å². The van der Waals surface area contributed by atoms with Crippen molar-refractivity contribution in [2.24, 2.45) is 5.92 Å². The van der Waals surface area contributed by atoms with E-state index >= 15 is 0 Å². The van der Waals surface area contributed by atoms with Crippen LogP contribution in [0.2, 0.25) is 0 Å². The molecule has 0 spiro atoms. The summed E-state index contributed by atoms with van der Waals surface area (Å²) in [5.74, 6) is 0.0388. The summed E-state index contributed by atoms with van der Waals surface area (Å²) in [4.78, 5) is 12.0. The van der Waals surface area contributed by atoms with Crippen LogP contribution in [0.1, 0.15) is 24.2 Å². The van der Waals surface area contributed by atoms with Crippen LogP contribution in [-0.2, 0) is 10.0 Å². The van der Waals surface area contributed by atoms with Crippen LogP contribution in [0.4, 0.5) is 5.69 Å². The molecule has 0 aromatic heterocycles. The lowest BCUT2D eigenvalue weighted by molar-refractivity contribution is 0.0950. The second kappa shape index (κ2) is 6.91. The van der Waals surface area contributed by atoms with Crippen molar-refractivity contribution in [1.29, 1.82) is 0 Å². The van der Waals surface area contributed by atoms with Crippen molar-refractivity contribution in [3.05, 3.63) is 29.8 Å². The molecule has 0 bridgehead atoms. The van der Waals surface area contributed by atoms with Gasteiger partial charge in [0.25, 0.3) is 5.91 Å². The number of sulfonamides is 1. The van der Waals surface area contributed by atoms with Crippen molar-refractivity contribution >= 4 is 37.5 Å². The first-order chi connectivity index (χ1) is 8.85. The molecule has 5 nitrogen and oxygen atoms in total. The van der Waals surface area contributed by atoms with Crippen LogP contribution in [0.25, 0.3) is 0 Å². The van der Waals surface area contributed by atoms with E-state index in [2.05, 4.69) is 26.0 Å². The largest absolute Gasteiger partial charge is 0.352 e. The lowest BCUT2D eigenvalue weighted by atomic mass is 10.1. The molecule has 1 aromatic carbocycles. The maximum atomic E-state index is 12.0. The fourth-order valence-corrected chi connectivity index (χ4v) is 2.27. The van der Waals surface area contributed by atoms with Gasteiger partial charge in [0.1, 0.15) is 4.66 Å². The van der Waals surface area contributed by atoms with Gasteiger partial charge in [0, 0.05) is 6.54 Å². The lowest BCUT2D eigenvalue weighted by Gasteiger charge is -2.12. The molecule has 1 amide bonds. The molecule has 0 fully saturated rings. The number of carbonyl (C=O) groups is 1. The Morgan fingerprint density at radius 1 is 1.32 bits per heavy atom. The van der Waals surface area contributed by atoms with Crippen LogP contribution in [0.15, 0.2) is 24.3 Å². The minimum atomic E-state index is -3.47. The summed E-state index contributed by atoms with van der Waals surface area (Å²) in [5, 5.41) is 2.76. The van der Waals surface area contributed by atoms with E-state index in [0.717, 1.165) is 0 Å². The minimum Gasteiger partial charge on any atom is -0.352 e. The highest BCUT2D eigenvalue weighted by Crippen LogP contribution is 2.17. The topological polar surface area (TPSA) is 75.3 Å². The van der Waals surface area contributed by atoms with Gasteiger partial charge in [0.15, 0.2) is 0 Å². The highest BCUT2D eigenvalue weighted by Gasteiger charge is 2.15. The molecule has 0 atom stereocenters. The van der Waals surface area contributed by atoms with Crippen LogP contribution in [0, 0.1) is 5.92 Å². The van der Waals surface area contributed by atoms with E-state index in [1.54, 1.807) is 24.3 Å². The Kier molecular flexibility index (Phi) is 5.81. The maximum absolute atomic E-state index is 12.0. The number of nitrogens with one attached hydrogen (secondary N) is 2. The molecular weight excluding hydrogens is 332 g/mol. The van der Waals surface area contributed by atoms with Crippen LogP contribution in [-0.4, -0.2) is 25.5 Å². The van der Waals surface area contributed by atoms with Gasteiger partial charge in [-0.3, -0.25) is 9.52 Å². The molecule has 0 saturated carbocycles. The molecule has 1 aromatic rings. The molecule has 0 aliphatic carbocycles. The number of benzene rings is 1. The zero-order chi connectivity index (χ0) is 14.5. The van der Waals surface area contributed by atoms with Gasteiger partial charge in [-0.05, 0) is 18.1 Å². The van der Waals surface area contributed by atoms with Gasteiger partial charge >= 0.3 is 0 Å². The van der Waals surface area contributed by atoms with E-state index in [9.17, 15) is 13.2 Å². The second-order valence-corrected chi connectivity index (χ2v) is 7.50. The number of rotatable bonds is 6. The summed E-state index contributed by atoms with van der Waals surface area (Å²) in [6, 6.07) is 6.51. The number of halogens is 1. The molecule has 0 radical (unpaired) electrons. The second-order valence-electron chi connectivity index (χ2n) is 4.48. The first-order valence-electron chi connectivity index (χ1n) is 5.79. The van der Waals surface area contributed by atoms with Crippen molar-refractivity contribution in [3.8, 4) is 0 Å². The zero-order valence-electron chi connectivity index (χ0n) is 10.8. The third-order valence-corrected chi connectivity index (χ3v) is 4.88. The highest BCUT2D eigenvalue weighted by atomic mass is 79.9. The number of amides is 1. The van der Waals surface area contributed by atoms with Crippen molar-refractivity contribution in [3.63, 3.8) is 0 Å². The third kappa shape index (κ3) is 5.20. The first-order valence-corrected chi connectivity index (χ1v) is 8.57. The molecular formula is C12H17BrN2O3S. The fourth-order valence-electron chi connectivity index (χ4n) is 1.36. The summed E-state index contributed by atoms with van der Waals surface area (Å²) in [5.41, 5.74) is 0.593. The molecule has 0 heterocycles. The number of carbonyl (C=O) groups excluding carboxylic acids is 1. The monoisotopic (exact) mass is 348 g/mol. The van der Waals surface area contributed by atoms with Crippen LogP contribution >= 0.6 is 15.9 Å². The van der Waals surface area contributed by atoms with Gasteiger partial charge in [-0.1, -0.05) is 41.9 Å². The molecule has 0 saturated heterocycles. The smallest absolute Gasteiger partial charge is 0.253 e. The summed E-state index contributed by atoms with van der Waals surface area (Å²) < 4.78 is 25.2. The van der Waals surface area contributed by atoms with Crippen LogP contribution in [0.5, 0.6) is 0 Å². The molecule has 1 rings (SSSR count). The van der Waals surface area contributed by atoms with Gasteiger partial charge < -0.3 is 5.32 Å². The normalized spacial score (nSPS) is 11.4. The number of hydrogen-bond acceptors (Lipinski definition) is 3. The predicted octanol–water partition coefficient (Wildman–Crippen LogP) is 2.17. The first kappa shape index (κ1) is 16.0. The average molecular weight is 349 g/mol. The summed E-state index contributed by atoms with van der Waals surface area (Å²) >= 11 is 2.89. The fraction of sp³-hybridized carbons (Fsp3) is 0.417. The standard InChI is InChI=1S/C12H17BrN2O3S/c1-9(2)7-14-12(16)10-5-3-4-6-11(10)15-19(17,18)8-13/h3-6,9,15H,7-8H2,1-2H3,(H,14,16). The Bertz CT molecular complexity index is 544. The Morgan fingerprint density at radius 2 is 1.95 bits per heavy atom. The van der Waals surface area contributed by atoms with Crippen LogP contribution < -0.4 is 10.0 Å². The third-order valence-electron chi connectivity index (χ3n) is 2.25. The lowest BCUT2D eigenvalue weighted by Crippen LogP contribution is -2.28. The summed E-state index contributed by atoms with van der Waals surface area (Å²) in [7, 11) is -3.47. The number of para-hydroxylation sites is 1. The number of alkyl halides is 1. The van der Waals surface area contributed by atoms with E-state index in [4.69, 9.17) is 0 Å². The quantitative estimate of drug-likeness (QED) is 0.773. The van der Waals surface area contributed by atoms with Crippen molar-refractivity contribution in [2.45, 2.75) is 13.8 Å². The Hall–Kier alpha value is -1.08. The van der Waals surface area contributed by atoms with Gasteiger partial charge in [-0.15, -0.1) is 0 Å². The highest BCUT2D eigenvalue weighted by molar-refractivity contribution is 9.10. The van der Waals surface area contributed by atoms with E-state index in [1.165, 1.54) is 0 Å². The van der Waals surface area contributed by atoms with E-state index in [0.29, 0.717) is 18.0 Å². The molecule has 106 valence electrons. The number of hydrogen-bond donors (Lipinski definition) is 2. The zero-order valence-corrected chi connectivity index (χ0v) is 13.2. The SMILES string of the molecule is CC(C)CNC(=O)c1ccccc1NS(=O)(=O)CBr. The minimum absolute atomic E-state index is 0.220. The molecule has 7 heteroatoms. The Labute approximate surface area is 122 Å². The molecule has 19 heavy (non-hydrogen) atoms. The molecule has 2 N–H and O–H groups in total. The van der Waals surface area contributed by atoms with Gasteiger partial charge in [-0.2, -0.15) is 0 Å². The summed E-state index contributed by atoms with van der Waals surface area (Å²) in [6.45, 7) is 4.51. The Morgan fingerprint density at radius 3 is 2.53 bits per heavy atom. The van der Waals surface area contributed by atoms with Gasteiger partial charge in [-0.25, -0.2) is 8.42 Å². The van der Waals surface area contributed by atoms with E-state index in [-0.39, 0.29) is 16.3 Å². The van der Waals surface area contributed by atoms with Crippen LogP contribution in [0.3, 0.4) is 0 Å². The predicted molar refractivity (Wildman–Crippen MR) is 79.9 cm³/mol. The number of anilines is 1. The van der Waals surface area contributed by atoms with E-state index < -0.39 is 10.0 Å². The molecule has 0 unspecified atom stereocenters. The van der Waals surface area contributed by atoms with Crippen molar-refractivity contribution in [2.75, 3.05) is 15.9 Å². The maximum Gasteiger partial charge on any atom is 0.253 e. The molecule has 0 aliphatic heterocycles.